The van der Waals surface area contributed by atoms with Crippen LogP contribution in [0.4, 0.5) is 0 Å². The van der Waals surface area contributed by atoms with E-state index in [-0.39, 0.29) is 0 Å². The topological polar surface area (TPSA) is 47.0 Å². The van der Waals surface area contributed by atoms with E-state index in [1.165, 1.54) is 0 Å². The third-order valence-corrected chi connectivity index (χ3v) is 1.75. The summed E-state index contributed by atoms with van der Waals surface area (Å²) in [6.07, 6.45) is 1.77. The van der Waals surface area contributed by atoms with Crippen molar-refractivity contribution in [3.8, 4) is 0 Å². The van der Waals surface area contributed by atoms with Gasteiger partial charge in [0.2, 0.25) is 0 Å². The Bertz CT molecular complexity index is 242. The minimum Gasteiger partial charge on any atom is -0.374 e. The standard InChI is InChI=1S/C10H17N3O/c1-3-11-7-9-5-6-12-10(13-9)8-14-4-2/h5-6,11H,3-4,7-8H2,1-2H3. The van der Waals surface area contributed by atoms with E-state index in [9.17, 15) is 0 Å². The van der Waals surface area contributed by atoms with Crippen molar-refractivity contribution in [2.45, 2.75) is 27.0 Å². The first-order valence-electron chi connectivity index (χ1n) is 4.96. The number of ether oxygens (including phenoxy) is 1. The van der Waals surface area contributed by atoms with Crippen molar-refractivity contribution in [3.05, 3.63) is 23.8 Å². The monoisotopic (exact) mass is 195 g/mol. The Morgan fingerprint density at radius 3 is 3.00 bits per heavy atom. The zero-order valence-corrected chi connectivity index (χ0v) is 8.79. The Kier molecular flexibility index (Phi) is 5.11. The van der Waals surface area contributed by atoms with Gasteiger partial charge in [0.15, 0.2) is 5.82 Å². The highest BCUT2D eigenvalue weighted by Gasteiger charge is 1.98. The van der Waals surface area contributed by atoms with Crippen LogP contribution in [0.3, 0.4) is 0 Å². The molecule has 1 heterocycles. The fourth-order valence-electron chi connectivity index (χ4n) is 1.06. The van der Waals surface area contributed by atoms with Gasteiger partial charge < -0.3 is 10.1 Å². The molecule has 0 aromatic carbocycles. The van der Waals surface area contributed by atoms with Crippen molar-refractivity contribution < 1.29 is 4.74 Å². The minimum absolute atomic E-state index is 0.496. The molecule has 1 rings (SSSR count). The maximum atomic E-state index is 5.23. The highest BCUT2D eigenvalue weighted by molar-refractivity contribution is 5.01. The molecule has 14 heavy (non-hydrogen) atoms. The summed E-state index contributed by atoms with van der Waals surface area (Å²) in [6.45, 7) is 6.96. The molecule has 4 heteroatoms. The summed E-state index contributed by atoms with van der Waals surface area (Å²) < 4.78 is 5.23. The van der Waals surface area contributed by atoms with E-state index in [2.05, 4.69) is 22.2 Å². The average Bonchev–Trinajstić information content (AvgIpc) is 2.24. The number of rotatable bonds is 6. The van der Waals surface area contributed by atoms with Crippen LogP contribution in [0.5, 0.6) is 0 Å². The van der Waals surface area contributed by atoms with Crippen molar-refractivity contribution in [1.29, 1.82) is 0 Å². The summed E-state index contributed by atoms with van der Waals surface area (Å²) in [7, 11) is 0. The van der Waals surface area contributed by atoms with E-state index in [4.69, 9.17) is 4.74 Å². The van der Waals surface area contributed by atoms with Crippen LogP contribution in [0, 0.1) is 0 Å². The SMILES string of the molecule is CCNCc1ccnc(COCC)n1. The fraction of sp³-hybridized carbons (Fsp3) is 0.600. The lowest BCUT2D eigenvalue weighted by Crippen LogP contribution is -2.14. The van der Waals surface area contributed by atoms with Crippen molar-refractivity contribution in [2.75, 3.05) is 13.2 Å². The second-order valence-corrected chi connectivity index (χ2v) is 2.88. The molecule has 1 N–H and O–H groups in total. The van der Waals surface area contributed by atoms with E-state index in [0.717, 1.165) is 24.6 Å². The summed E-state index contributed by atoms with van der Waals surface area (Å²) >= 11 is 0. The van der Waals surface area contributed by atoms with Gasteiger partial charge in [-0.2, -0.15) is 0 Å². The lowest BCUT2D eigenvalue weighted by atomic mass is 10.4. The molecule has 0 fully saturated rings. The molecule has 0 atom stereocenters. The summed E-state index contributed by atoms with van der Waals surface area (Å²) in [6, 6.07) is 1.91. The number of aromatic nitrogens is 2. The van der Waals surface area contributed by atoms with Crippen LogP contribution < -0.4 is 5.32 Å². The largest absolute Gasteiger partial charge is 0.374 e. The first kappa shape index (κ1) is 11.1. The average molecular weight is 195 g/mol. The van der Waals surface area contributed by atoms with Crippen LogP contribution in [-0.2, 0) is 17.9 Å². The Hall–Kier alpha value is -1.00. The normalized spacial score (nSPS) is 10.4. The Morgan fingerprint density at radius 2 is 2.29 bits per heavy atom. The summed E-state index contributed by atoms with van der Waals surface area (Å²) in [5, 5.41) is 3.22. The third kappa shape index (κ3) is 3.81. The summed E-state index contributed by atoms with van der Waals surface area (Å²) in [5.74, 6) is 0.752. The van der Waals surface area contributed by atoms with Gasteiger partial charge in [-0.15, -0.1) is 0 Å². The highest BCUT2D eigenvalue weighted by Crippen LogP contribution is 1.97. The van der Waals surface area contributed by atoms with Crippen molar-refractivity contribution in [1.82, 2.24) is 15.3 Å². The van der Waals surface area contributed by atoms with Gasteiger partial charge in [-0.1, -0.05) is 6.92 Å². The predicted molar refractivity (Wildman–Crippen MR) is 54.7 cm³/mol. The van der Waals surface area contributed by atoms with Crippen LogP contribution in [0.1, 0.15) is 25.4 Å². The zero-order valence-electron chi connectivity index (χ0n) is 8.79. The van der Waals surface area contributed by atoms with Crippen LogP contribution in [-0.4, -0.2) is 23.1 Å². The molecule has 0 amide bonds. The molecule has 0 saturated carbocycles. The molecule has 0 bridgehead atoms. The summed E-state index contributed by atoms with van der Waals surface area (Å²) in [4.78, 5) is 8.47. The molecule has 0 aliphatic rings. The van der Waals surface area contributed by atoms with Gasteiger partial charge in [0.1, 0.15) is 6.61 Å². The highest BCUT2D eigenvalue weighted by atomic mass is 16.5. The molecule has 0 saturated heterocycles. The second-order valence-electron chi connectivity index (χ2n) is 2.88. The molecule has 1 aromatic rings. The van der Waals surface area contributed by atoms with E-state index < -0.39 is 0 Å². The maximum Gasteiger partial charge on any atom is 0.154 e. The molecule has 1 aromatic heterocycles. The summed E-state index contributed by atoms with van der Waals surface area (Å²) in [5.41, 5.74) is 1.01. The molecule has 0 spiro atoms. The molecule has 0 unspecified atom stereocenters. The van der Waals surface area contributed by atoms with E-state index >= 15 is 0 Å². The van der Waals surface area contributed by atoms with Gasteiger partial charge in [-0.05, 0) is 19.5 Å². The Labute approximate surface area is 84.7 Å². The first-order valence-corrected chi connectivity index (χ1v) is 4.96. The Balaban J connectivity index is 2.50. The second kappa shape index (κ2) is 6.45. The lowest BCUT2D eigenvalue weighted by molar-refractivity contribution is 0.128. The quantitative estimate of drug-likeness (QED) is 0.739. The third-order valence-electron chi connectivity index (χ3n) is 1.75. The van der Waals surface area contributed by atoms with Crippen molar-refractivity contribution in [3.63, 3.8) is 0 Å². The number of nitrogens with one attached hydrogen (secondary N) is 1. The van der Waals surface area contributed by atoms with Gasteiger partial charge >= 0.3 is 0 Å². The van der Waals surface area contributed by atoms with Gasteiger partial charge in [-0.3, -0.25) is 0 Å². The van der Waals surface area contributed by atoms with Crippen LogP contribution in [0.2, 0.25) is 0 Å². The smallest absolute Gasteiger partial charge is 0.154 e. The molecule has 4 nitrogen and oxygen atoms in total. The van der Waals surface area contributed by atoms with Crippen LogP contribution in [0.15, 0.2) is 12.3 Å². The fourth-order valence-corrected chi connectivity index (χ4v) is 1.06. The van der Waals surface area contributed by atoms with Gasteiger partial charge in [-0.25, -0.2) is 9.97 Å². The number of hydrogen-bond acceptors (Lipinski definition) is 4. The first-order chi connectivity index (χ1) is 6.86. The maximum absolute atomic E-state index is 5.23. The lowest BCUT2D eigenvalue weighted by Gasteiger charge is -2.03. The van der Waals surface area contributed by atoms with Crippen molar-refractivity contribution >= 4 is 0 Å². The zero-order chi connectivity index (χ0) is 10.2. The Morgan fingerprint density at radius 1 is 1.43 bits per heavy atom. The van der Waals surface area contributed by atoms with Crippen LogP contribution in [0.25, 0.3) is 0 Å². The van der Waals surface area contributed by atoms with E-state index in [1.807, 2.05) is 13.0 Å². The number of nitrogens with zero attached hydrogens (tertiary/aromatic N) is 2. The van der Waals surface area contributed by atoms with Gasteiger partial charge in [0.25, 0.3) is 0 Å². The minimum atomic E-state index is 0.496. The van der Waals surface area contributed by atoms with Crippen LogP contribution >= 0.6 is 0 Å². The molecular weight excluding hydrogens is 178 g/mol. The molecule has 0 aliphatic carbocycles. The molecule has 0 radical (unpaired) electrons. The van der Waals surface area contributed by atoms with Gasteiger partial charge in [0, 0.05) is 19.3 Å². The molecule has 78 valence electrons. The predicted octanol–water partition coefficient (Wildman–Crippen LogP) is 1.12. The van der Waals surface area contributed by atoms with E-state index in [0.29, 0.717) is 13.2 Å². The van der Waals surface area contributed by atoms with Crippen molar-refractivity contribution in [2.24, 2.45) is 0 Å². The molecule has 0 aliphatic heterocycles. The number of hydrogen-bond donors (Lipinski definition) is 1. The van der Waals surface area contributed by atoms with Gasteiger partial charge in [0.05, 0.1) is 5.69 Å². The van der Waals surface area contributed by atoms with E-state index in [1.54, 1.807) is 6.20 Å². The molecular formula is C10H17N3O.